The van der Waals surface area contributed by atoms with Crippen molar-refractivity contribution in [1.82, 2.24) is 9.97 Å². The molecule has 2 heterocycles. The molecular formula is C13H19N5. The molecule has 1 unspecified atom stereocenters. The Kier molecular flexibility index (Phi) is 3.98. The molecule has 1 aliphatic rings. The van der Waals surface area contributed by atoms with Crippen LogP contribution in [0.1, 0.15) is 19.8 Å². The summed E-state index contributed by atoms with van der Waals surface area (Å²) < 4.78 is 0. The minimum atomic E-state index is 0.126. The van der Waals surface area contributed by atoms with Gasteiger partial charge in [-0.25, -0.2) is 9.97 Å². The molecule has 0 radical (unpaired) electrons. The number of rotatable bonds is 3. The Labute approximate surface area is 108 Å². The van der Waals surface area contributed by atoms with Gasteiger partial charge in [-0.1, -0.05) is 0 Å². The number of aromatic nitrogens is 2. The van der Waals surface area contributed by atoms with Gasteiger partial charge in [-0.15, -0.1) is 0 Å². The monoisotopic (exact) mass is 245 g/mol. The lowest BCUT2D eigenvalue weighted by Gasteiger charge is -2.31. The zero-order chi connectivity index (χ0) is 13.0. The van der Waals surface area contributed by atoms with Gasteiger partial charge in [0.1, 0.15) is 18.0 Å². The fourth-order valence-electron chi connectivity index (χ4n) is 2.17. The maximum Gasteiger partial charge on any atom is 0.134 e. The molecule has 1 aromatic heterocycles. The number of hydrogen-bond acceptors (Lipinski definition) is 5. The third-order valence-corrected chi connectivity index (χ3v) is 3.43. The second kappa shape index (κ2) is 5.67. The van der Waals surface area contributed by atoms with E-state index in [9.17, 15) is 0 Å². The molecule has 0 bridgehead atoms. The summed E-state index contributed by atoms with van der Waals surface area (Å²) in [6.45, 7) is 4.76. The van der Waals surface area contributed by atoms with E-state index >= 15 is 0 Å². The van der Waals surface area contributed by atoms with Crippen LogP contribution in [0.25, 0.3) is 0 Å². The molecule has 5 heteroatoms. The molecule has 96 valence electrons. The van der Waals surface area contributed by atoms with Crippen molar-refractivity contribution in [1.29, 1.82) is 5.26 Å². The van der Waals surface area contributed by atoms with E-state index in [1.54, 1.807) is 6.33 Å². The topological polar surface area (TPSA) is 56.0 Å². The van der Waals surface area contributed by atoms with E-state index in [0.717, 1.165) is 44.1 Å². The molecule has 1 fully saturated rings. The Morgan fingerprint density at radius 1 is 1.56 bits per heavy atom. The van der Waals surface area contributed by atoms with Crippen molar-refractivity contribution in [2.24, 2.45) is 5.92 Å². The van der Waals surface area contributed by atoms with E-state index in [4.69, 9.17) is 5.26 Å². The summed E-state index contributed by atoms with van der Waals surface area (Å²) in [5.74, 6) is 1.99. The van der Waals surface area contributed by atoms with Gasteiger partial charge in [0, 0.05) is 32.7 Å². The molecule has 0 N–H and O–H groups in total. The van der Waals surface area contributed by atoms with E-state index in [-0.39, 0.29) is 5.92 Å². The van der Waals surface area contributed by atoms with Gasteiger partial charge in [-0.2, -0.15) is 5.26 Å². The van der Waals surface area contributed by atoms with Crippen molar-refractivity contribution < 1.29 is 0 Å². The molecule has 1 aromatic rings. The van der Waals surface area contributed by atoms with Crippen molar-refractivity contribution in [3.8, 4) is 6.07 Å². The molecule has 0 aromatic carbocycles. The summed E-state index contributed by atoms with van der Waals surface area (Å²) in [6.07, 6.45) is 3.66. The summed E-state index contributed by atoms with van der Waals surface area (Å²) in [5.41, 5.74) is 0. The Morgan fingerprint density at radius 3 is 3.11 bits per heavy atom. The lowest BCUT2D eigenvalue weighted by Crippen LogP contribution is -2.35. The number of anilines is 2. The molecule has 5 nitrogen and oxygen atoms in total. The van der Waals surface area contributed by atoms with E-state index in [1.165, 1.54) is 0 Å². The summed E-state index contributed by atoms with van der Waals surface area (Å²) in [5, 5.41) is 9.02. The van der Waals surface area contributed by atoms with Gasteiger partial charge in [0.05, 0.1) is 12.0 Å². The predicted octanol–water partition coefficient (Wildman–Crippen LogP) is 1.67. The first-order valence-corrected chi connectivity index (χ1v) is 6.42. The largest absolute Gasteiger partial charge is 0.360 e. The minimum Gasteiger partial charge on any atom is -0.360 e. The Hall–Kier alpha value is -1.83. The molecule has 1 aliphatic heterocycles. The molecule has 0 spiro atoms. The molecule has 0 saturated carbocycles. The number of nitrogens with zero attached hydrogens (tertiary/aromatic N) is 5. The summed E-state index contributed by atoms with van der Waals surface area (Å²) in [6, 6.07) is 4.36. The number of hydrogen-bond donors (Lipinski definition) is 0. The maximum atomic E-state index is 9.02. The van der Waals surface area contributed by atoms with Crippen LogP contribution >= 0.6 is 0 Å². The Morgan fingerprint density at radius 2 is 2.39 bits per heavy atom. The minimum absolute atomic E-state index is 0.126. The zero-order valence-corrected chi connectivity index (χ0v) is 11.0. The van der Waals surface area contributed by atoms with Crippen LogP contribution in [0.3, 0.4) is 0 Å². The van der Waals surface area contributed by atoms with Crippen molar-refractivity contribution in [2.75, 3.05) is 36.5 Å². The number of nitriles is 1. The SMILES string of the molecule is CCN(C)c1cc(N2CCCC(C#N)C2)ncn1. The lowest BCUT2D eigenvalue weighted by molar-refractivity contribution is 0.490. The molecular weight excluding hydrogens is 226 g/mol. The van der Waals surface area contributed by atoms with E-state index in [1.807, 2.05) is 13.1 Å². The Balaban J connectivity index is 2.15. The second-order valence-corrected chi connectivity index (χ2v) is 4.66. The quantitative estimate of drug-likeness (QED) is 0.810. The third-order valence-electron chi connectivity index (χ3n) is 3.43. The van der Waals surface area contributed by atoms with Gasteiger partial charge in [-0.3, -0.25) is 0 Å². The standard InChI is InChI=1S/C13H19N5/c1-3-17(2)12-7-13(16-10-15-12)18-6-4-5-11(8-14)9-18/h7,10-11H,3-6,9H2,1-2H3. The van der Waals surface area contributed by atoms with Gasteiger partial charge >= 0.3 is 0 Å². The van der Waals surface area contributed by atoms with E-state index in [0.29, 0.717) is 0 Å². The van der Waals surface area contributed by atoms with Crippen LogP contribution in [-0.2, 0) is 0 Å². The highest BCUT2D eigenvalue weighted by atomic mass is 15.2. The van der Waals surface area contributed by atoms with Crippen molar-refractivity contribution in [3.05, 3.63) is 12.4 Å². The third kappa shape index (κ3) is 2.70. The first kappa shape index (κ1) is 12.6. The average Bonchev–Trinajstić information content (AvgIpc) is 2.46. The van der Waals surface area contributed by atoms with E-state index < -0.39 is 0 Å². The van der Waals surface area contributed by atoms with Gasteiger partial charge in [0.15, 0.2) is 0 Å². The van der Waals surface area contributed by atoms with Gasteiger partial charge < -0.3 is 9.80 Å². The van der Waals surface area contributed by atoms with Crippen LogP contribution in [0.15, 0.2) is 12.4 Å². The van der Waals surface area contributed by atoms with Crippen LogP contribution in [0.4, 0.5) is 11.6 Å². The fraction of sp³-hybridized carbons (Fsp3) is 0.615. The van der Waals surface area contributed by atoms with E-state index in [2.05, 4.69) is 32.8 Å². The fourth-order valence-corrected chi connectivity index (χ4v) is 2.17. The summed E-state index contributed by atoms with van der Waals surface area (Å²) in [7, 11) is 2.01. The van der Waals surface area contributed by atoms with Crippen LogP contribution in [0.5, 0.6) is 0 Å². The maximum absolute atomic E-state index is 9.02. The smallest absolute Gasteiger partial charge is 0.134 e. The highest BCUT2D eigenvalue weighted by molar-refractivity contribution is 5.50. The normalized spacial score (nSPS) is 19.4. The second-order valence-electron chi connectivity index (χ2n) is 4.66. The molecule has 1 atom stereocenters. The van der Waals surface area contributed by atoms with Crippen molar-refractivity contribution in [3.63, 3.8) is 0 Å². The van der Waals surface area contributed by atoms with Crippen LogP contribution in [0.2, 0.25) is 0 Å². The Bertz CT molecular complexity index is 439. The highest BCUT2D eigenvalue weighted by Gasteiger charge is 2.20. The lowest BCUT2D eigenvalue weighted by atomic mass is 10.00. The van der Waals surface area contributed by atoms with Gasteiger partial charge in [0.25, 0.3) is 0 Å². The summed E-state index contributed by atoms with van der Waals surface area (Å²) >= 11 is 0. The first-order valence-electron chi connectivity index (χ1n) is 6.42. The van der Waals surface area contributed by atoms with Crippen LogP contribution in [0, 0.1) is 17.2 Å². The highest BCUT2D eigenvalue weighted by Crippen LogP contribution is 2.23. The predicted molar refractivity (Wildman–Crippen MR) is 71.5 cm³/mol. The molecule has 0 amide bonds. The first-order chi connectivity index (χ1) is 8.74. The molecule has 18 heavy (non-hydrogen) atoms. The van der Waals surface area contributed by atoms with Gasteiger partial charge in [0.2, 0.25) is 0 Å². The zero-order valence-electron chi connectivity index (χ0n) is 11.0. The molecule has 1 saturated heterocycles. The van der Waals surface area contributed by atoms with Crippen LogP contribution < -0.4 is 9.80 Å². The summed E-state index contributed by atoms with van der Waals surface area (Å²) in [4.78, 5) is 12.9. The van der Waals surface area contributed by atoms with Crippen LogP contribution in [-0.4, -0.2) is 36.6 Å². The molecule has 0 aliphatic carbocycles. The number of piperidine rings is 1. The van der Waals surface area contributed by atoms with Crippen molar-refractivity contribution >= 4 is 11.6 Å². The molecule has 2 rings (SSSR count). The van der Waals surface area contributed by atoms with Crippen molar-refractivity contribution in [2.45, 2.75) is 19.8 Å². The van der Waals surface area contributed by atoms with Gasteiger partial charge in [-0.05, 0) is 19.8 Å². The average molecular weight is 245 g/mol.